The molecule has 154 valence electrons. The van der Waals surface area contributed by atoms with Gasteiger partial charge in [-0.25, -0.2) is 9.97 Å². The van der Waals surface area contributed by atoms with Crippen molar-refractivity contribution in [3.05, 3.63) is 53.9 Å². The lowest BCUT2D eigenvalue weighted by atomic mass is 10.0. The first kappa shape index (κ1) is 20.8. The summed E-state index contributed by atoms with van der Waals surface area (Å²) in [6.07, 6.45) is 4.05. The van der Waals surface area contributed by atoms with E-state index >= 15 is 0 Å². The van der Waals surface area contributed by atoms with Crippen LogP contribution < -0.4 is 10.2 Å². The van der Waals surface area contributed by atoms with Crippen molar-refractivity contribution in [2.45, 2.75) is 33.2 Å². The van der Waals surface area contributed by atoms with E-state index in [-0.39, 0.29) is 11.8 Å². The molecule has 1 aromatic heterocycles. The van der Waals surface area contributed by atoms with Crippen LogP contribution in [0.3, 0.4) is 0 Å². The molecule has 1 aliphatic rings. The Morgan fingerprint density at radius 3 is 2.31 bits per heavy atom. The standard InChI is InChI=1S/C22H29N5O2/c1-16(2)15-19(25-20(28)18-8-5-4-7-17(18)3)21(29)26-11-13-27(14-12-26)22-23-9-6-10-24-22/h4-10,16,19H,11-15H2,1-3H3,(H,25,28). The Hall–Kier alpha value is -2.96. The smallest absolute Gasteiger partial charge is 0.252 e. The van der Waals surface area contributed by atoms with Gasteiger partial charge in [0.15, 0.2) is 0 Å². The summed E-state index contributed by atoms with van der Waals surface area (Å²) in [7, 11) is 0. The molecular weight excluding hydrogens is 366 g/mol. The fourth-order valence-electron chi connectivity index (χ4n) is 3.56. The normalized spacial score (nSPS) is 15.3. The molecule has 1 aromatic carbocycles. The van der Waals surface area contributed by atoms with Crippen molar-refractivity contribution < 1.29 is 9.59 Å². The molecule has 1 fully saturated rings. The number of benzene rings is 1. The molecule has 1 aliphatic heterocycles. The van der Waals surface area contributed by atoms with Gasteiger partial charge in [-0.3, -0.25) is 9.59 Å². The van der Waals surface area contributed by atoms with Gasteiger partial charge in [-0.1, -0.05) is 32.0 Å². The van der Waals surface area contributed by atoms with Gasteiger partial charge in [0, 0.05) is 44.1 Å². The van der Waals surface area contributed by atoms with E-state index in [1.807, 2.05) is 30.0 Å². The molecule has 0 radical (unpaired) electrons. The third kappa shape index (κ3) is 5.31. The number of hydrogen-bond acceptors (Lipinski definition) is 5. The van der Waals surface area contributed by atoms with E-state index in [9.17, 15) is 9.59 Å². The topological polar surface area (TPSA) is 78.4 Å². The molecule has 2 amide bonds. The summed E-state index contributed by atoms with van der Waals surface area (Å²) in [5.74, 6) is 0.763. The molecule has 3 rings (SSSR count). The van der Waals surface area contributed by atoms with E-state index in [4.69, 9.17) is 0 Å². The minimum absolute atomic E-state index is 0.0192. The second-order valence-electron chi connectivity index (χ2n) is 7.83. The van der Waals surface area contributed by atoms with Crippen LogP contribution in [0.15, 0.2) is 42.7 Å². The lowest BCUT2D eigenvalue weighted by Gasteiger charge is -2.36. The number of carbonyl (C=O) groups is 2. The molecule has 1 N–H and O–H groups in total. The van der Waals surface area contributed by atoms with Gasteiger partial charge in [0.25, 0.3) is 5.91 Å². The lowest BCUT2D eigenvalue weighted by Crippen LogP contribution is -2.55. The van der Waals surface area contributed by atoms with E-state index < -0.39 is 6.04 Å². The van der Waals surface area contributed by atoms with E-state index in [2.05, 4.69) is 34.0 Å². The van der Waals surface area contributed by atoms with Crippen LogP contribution in [-0.2, 0) is 4.79 Å². The molecule has 1 atom stereocenters. The zero-order valence-electron chi connectivity index (χ0n) is 17.3. The SMILES string of the molecule is Cc1ccccc1C(=O)NC(CC(C)C)C(=O)N1CCN(c2ncccn2)CC1. The van der Waals surface area contributed by atoms with Gasteiger partial charge in [-0.15, -0.1) is 0 Å². The molecule has 7 heteroatoms. The number of hydrogen-bond donors (Lipinski definition) is 1. The van der Waals surface area contributed by atoms with E-state index in [1.54, 1.807) is 24.5 Å². The average molecular weight is 396 g/mol. The van der Waals surface area contributed by atoms with E-state index in [0.717, 1.165) is 5.56 Å². The molecule has 0 spiro atoms. The van der Waals surface area contributed by atoms with Crippen molar-refractivity contribution >= 4 is 17.8 Å². The largest absolute Gasteiger partial charge is 0.340 e. The molecule has 2 aromatic rings. The Balaban J connectivity index is 1.65. The van der Waals surface area contributed by atoms with Crippen LogP contribution in [0.2, 0.25) is 0 Å². The Kier molecular flexibility index (Phi) is 6.80. The highest BCUT2D eigenvalue weighted by atomic mass is 16.2. The van der Waals surface area contributed by atoms with E-state index in [1.165, 1.54) is 0 Å². The molecule has 29 heavy (non-hydrogen) atoms. The molecule has 0 bridgehead atoms. The summed E-state index contributed by atoms with van der Waals surface area (Å²) in [4.78, 5) is 38.4. The summed E-state index contributed by atoms with van der Waals surface area (Å²) in [6.45, 7) is 8.55. The second kappa shape index (κ2) is 9.49. The number of aryl methyl sites for hydroxylation is 1. The van der Waals surface area contributed by atoms with Gasteiger partial charge in [0.2, 0.25) is 11.9 Å². The van der Waals surface area contributed by atoms with Crippen LogP contribution in [0, 0.1) is 12.8 Å². The lowest BCUT2D eigenvalue weighted by molar-refractivity contribution is -0.134. The zero-order valence-corrected chi connectivity index (χ0v) is 17.3. The van der Waals surface area contributed by atoms with Crippen LogP contribution in [0.1, 0.15) is 36.2 Å². The van der Waals surface area contributed by atoms with Crippen LogP contribution in [0.5, 0.6) is 0 Å². The number of piperazine rings is 1. The van der Waals surface area contributed by atoms with Gasteiger partial charge < -0.3 is 15.1 Å². The number of nitrogens with one attached hydrogen (secondary N) is 1. The number of nitrogens with zero attached hydrogens (tertiary/aromatic N) is 4. The van der Waals surface area contributed by atoms with Crippen LogP contribution in [0.4, 0.5) is 5.95 Å². The van der Waals surface area contributed by atoms with Crippen LogP contribution in [-0.4, -0.2) is 58.9 Å². The summed E-state index contributed by atoms with van der Waals surface area (Å²) in [5, 5.41) is 2.98. The fraction of sp³-hybridized carbons (Fsp3) is 0.455. The third-order valence-electron chi connectivity index (χ3n) is 5.13. The molecule has 2 heterocycles. The maximum atomic E-state index is 13.2. The maximum Gasteiger partial charge on any atom is 0.252 e. The summed E-state index contributed by atoms with van der Waals surface area (Å²) < 4.78 is 0. The monoisotopic (exact) mass is 395 g/mol. The van der Waals surface area contributed by atoms with Crippen molar-refractivity contribution in [1.82, 2.24) is 20.2 Å². The maximum absolute atomic E-state index is 13.2. The van der Waals surface area contributed by atoms with Crippen molar-refractivity contribution in [1.29, 1.82) is 0 Å². The van der Waals surface area contributed by atoms with Gasteiger partial charge >= 0.3 is 0 Å². The number of carbonyl (C=O) groups excluding carboxylic acids is 2. The van der Waals surface area contributed by atoms with Gasteiger partial charge in [0.1, 0.15) is 6.04 Å². The predicted octanol–water partition coefficient (Wildman–Crippen LogP) is 2.28. The van der Waals surface area contributed by atoms with Crippen molar-refractivity contribution in [3.63, 3.8) is 0 Å². The van der Waals surface area contributed by atoms with Gasteiger partial charge in [-0.2, -0.15) is 0 Å². The van der Waals surface area contributed by atoms with Crippen LogP contribution in [0.25, 0.3) is 0 Å². The van der Waals surface area contributed by atoms with Crippen LogP contribution >= 0.6 is 0 Å². The minimum Gasteiger partial charge on any atom is -0.340 e. The highest BCUT2D eigenvalue weighted by Gasteiger charge is 2.30. The number of amides is 2. The first-order valence-electron chi connectivity index (χ1n) is 10.1. The average Bonchev–Trinajstić information content (AvgIpc) is 2.73. The Bertz CT molecular complexity index is 832. The first-order valence-corrected chi connectivity index (χ1v) is 10.1. The highest BCUT2D eigenvalue weighted by Crippen LogP contribution is 2.15. The summed E-state index contributed by atoms with van der Waals surface area (Å²) in [6, 6.07) is 8.70. The van der Waals surface area contributed by atoms with Crippen molar-refractivity contribution in [2.75, 3.05) is 31.1 Å². The molecule has 0 aliphatic carbocycles. The molecular formula is C22H29N5O2. The molecule has 0 saturated carbocycles. The zero-order chi connectivity index (χ0) is 20.8. The van der Waals surface area contributed by atoms with Crippen molar-refractivity contribution in [3.8, 4) is 0 Å². The Morgan fingerprint density at radius 1 is 1.03 bits per heavy atom. The number of aromatic nitrogens is 2. The molecule has 7 nitrogen and oxygen atoms in total. The Labute approximate surface area is 172 Å². The molecule has 1 unspecified atom stereocenters. The second-order valence-corrected chi connectivity index (χ2v) is 7.83. The summed E-state index contributed by atoms with van der Waals surface area (Å²) in [5.41, 5.74) is 1.51. The quantitative estimate of drug-likeness (QED) is 0.812. The minimum atomic E-state index is -0.526. The van der Waals surface area contributed by atoms with Gasteiger partial charge in [-0.05, 0) is 37.0 Å². The first-order chi connectivity index (χ1) is 14.0. The highest BCUT2D eigenvalue weighted by molar-refractivity contribution is 5.98. The van der Waals surface area contributed by atoms with E-state index in [0.29, 0.717) is 50.0 Å². The number of rotatable bonds is 6. The summed E-state index contributed by atoms with van der Waals surface area (Å²) >= 11 is 0. The van der Waals surface area contributed by atoms with Crippen molar-refractivity contribution in [2.24, 2.45) is 5.92 Å². The fourth-order valence-corrected chi connectivity index (χ4v) is 3.56. The third-order valence-corrected chi connectivity index (χ3v) is 5.13. The number of anilines is 1. The van der Waals surface area contributed by atoms with Gasteiger partial charge in [0.05, 0.1) is 0 Å². The predicted molar refractivity (Wildman–Crippen MR) is 113 cm³/mol. The Morgan fingerprint density at radius 2 is 1.69 bits per heavy atom. The molecule has 1 saturated heterocycles.